The van der Waals surface area contributed by atoms with Gasteiger partial charge >= 0.3 is 5.97 Å². The Kier molecular flexibility index (Phi) is 8.33. The van der Waals surface area contributed by atoms with Crippen molar-refractivity contribution in [2.24, 2.45) is 0 Å². The van der Waals surface area contributed by atoms with Gasteiger partial charge in [-0.15, -0.1) is 0 Å². The van der Waals surface area contributed by atoms with E-state index < -0.39 is 11.8 Å². The van der Waals surface area contributed by atoms with Gasteiger partial charge in [0.05, 0.1) is 17.2 Å². The molecule has 0 saturated carbocycles. The predicted molar refractivity (Wildman–Crippen MR) is 122 cm³/mol. The summed E-state index contributed by atoms with van der Waals surface area (Å²) in [4.78, 5) is 10.9. The molecule has 0 aliphatic rings. The summed E-state index contributed by atoms with van der Waals surface area (Å²) in [7, 11) is 0. The molecule has 0 saturated heterocycles. The lowest BCUT2D eigenvalue weighted by Gasteiger charge is -2.16. The van der Waals surface area contributed by atoms with Crippen molar-refractivity contribution in [3.8, 4) is 11.5 Å². The van der Waals surface area contributed by atoms with Crippen molar-refractivity contribution < 1.29 is 23.8 Å². The van der Waals surface area contributed by atoms with Crippen molar-refractivity contribution in [2.45, 2.75) is 26.6 Å². The number of rotatable bonds is 10. The molecule has 0 aliphatic carbocycles. The van der Waals surface area contributed by atoms with E-state index in [9.17, 15) is 9.18 Å². The van der Waals surface area contributed by atoms with Gasteiger partial charge in [-0.3, -0.25) is 0 Å². The number of hydrogen-bond acceptors (Lipinski definition) is 4. The molecule has 8 heteroatoms. The Balaban J connectivity index is 1.66. The number of carbonyl (C=O) groups is 1. The third kappa shape index (κ3) is 6.36. The fourth-order valence-corrected chi connectivity index (χ4v) is 3.44. The van der Waals surface area contributed by atoms with Crippen molar-refractivity contribution in [2.75, 3.05) is 6.61 Å². The number of hydrogen-bond donors (Lipinski definition) is 2. The SMILES string of the molecule is CCOc1cc(CNCc2ccc(C(=O)O)cc2)c(Cl)cc1OCc1ccc(F)cc1Cl. The molecule has 0 aliphatic heterocycles. The smallest absolute Gasteiger partial charge is 0.335 e. The lowest BCUT2D eigenvalue weighted by atomic mass is 10.1. The van der Waals surface area contributed by atoms with Crippen LogP contribution < -0.4 is 14.8 Å². The van der Waals surface area contributed by atoms with Crippen LogP contribution in [-0.4, -0.2) is 17.7 Å². The average molecular weight is 478 g/mol. The number of carboxylic acids is 1. The quantitative estimate of drug-likeness (QED) is 0.369. The molecule has 3 aromatic carbocycles. The van der Waals surface area contributed by atoms with E-state index in [0.29, 0.717) is 41.8 Å². The minimum Gasteiger partial charge on any atom is -0.490 e. The standard InChI is InChI=1S/C24H22Cl2FNO4/c1-2-31-22-9-18(13-28-12-15-3-5-16(6-4-15)24(29)30)21(26)11-23(22)32-14-17-7-8-19(27)10-20(17)25/h3-11,28H,2,12-14H2,1H3,(H,29,30). The van der Waals surface area contributed by atoms with E-state index in [-0.39, 0.29) is 17.2 Å². The third-order valence-corrected chi connectivity index (χ3v) is 5.36. The van der Waals surface area contributed by atoms with Gasteiger partial charge in [0.1, 0.15) is 12.4 Å². The summed E-state index contributed by atoms with van der Waals surface area (Å²) in [5.74, 6) is -0.363. The van der Waals surface area contributed by atoms with Gasteiger partial charge in [0.25, 0.3) is 0 Å². The molecule has 0 heterocycles. The number of halogens is 3. The summed E-state index contributed by atoms with van der Waals surface area (Å²) in [6.07, 6.45) is 0. The second kappa shape index (κ2) is 11.2. The predicted octanol–water partition coefficient (Wildman–Crippen LogP) is 6.10. The molecule has 0 unspecified atom stereocenters. The first-order chi connectivity index (χ1) is 15.4. The molecule has 0 bridgehead atoms. The van der Waals surface area contributed by atoms with E-state index in [0.717, 1.165) is 11.1 Å². The number of ether oxygens (including phenoxy) is 2. The van der Waals surface area contributed by atoms with Crippen LogP contribution in [0.1, 0.15) is 34.0 Å². The van der Waals surface area contributed by atoms with Gasteiger partial charge < -0.3 is 19.9 Å². The molecule has 0 atom stereocenters. The fourth-order valence-electron chi connectivity index (χ4n) is 2.99. The van der Waals surface area contributed by atoms with E-state index in [1.54, 1.807) is 36.4 Å². The van der Waals surface area contributed by atoms with E-state index >= 15 is 0 Å². The third-order valence-electron chi connectivity index (χ3n) is 4.66. The first-order valence-corrected chi connectivity index (χ1v) is 10.7. The van der Waals surface area contributed by atoms with Crippen LogP contribution in [0.3, 0.4) is 0 Å². The summed E-state index contributed by atoms with van der Waals surface area (Å²) in [5.41, 5.74) is 2.67. The van der Waals surface area contributed by atoms with Gasteiger partial charge in [-0.05, 0) is 48.4 Å². The first-order valence-electron chi connectivity index (χ1n) is 9.92. The average Bonchev–Trinajstić information content (AvgIpc) is 2.76. The number of nitrogens with one attached hydrogen (secondary N) is 1. The van der Waals surface area contributed by atoms with Gasteiger partial charge in [0.2, 0.25) is 0 Å². The molecule has 0 spiro atoms. The van der Waals surface area contributed by atoms with Crippen LogP contribution in [0.2, 0.25) is 10.0 Å². The largest absolute Gasteiger partial charge is 0.490 e. The van der Waals surface area contributed by atoms with Crippen LogP contribution in [-0.2, 0) is 19.7 Å². The molecule has 32 heavy (non-hydrogen) atoms. The lowest BCUT2D eigenvalue weighted by molar-refractivity contribution is 0.0697. The van der Waals surface area contributed by atoms with Crippen LogP contribution >= 0.6 is 23.2 Å². The molecular formula is C24H22Cl2FNO4. The number of benzene rings is 3. The Morgan fingerprint density at radius 3 is 2.28 bits per heavy atom. The Morgan fingerprint density at radius 1 is 0.938 bits per heavy atom. The highest BCUT2D eigenvalue weighted by atomic mass is 35.5. The maximum absolute atomic E-state index is 13.2. The van der Waals surface area contributed by atoms with Crippen molar-refractivity contribution in [1.82, 2.24) is 5.32 Å². The second-order valence-electron chi connectivity index (χ2n) is 6.95. The van der Waals surface area contributed by atoms with Crippen LogP contribution in [0, 0.1) is 5.82 Å². The number of carboxylic acid groups (broad SMARTS) is 1. The summed E-state index contributed by atoms with van der Waals surface area (Å²) >= 11 is 12.5. The molecule has 3 rings (SSSR count). The summed E-state index contributed by atoms with van der Waals surface area (Å²) in [6.45, 7) is 3.47. The summed E-state index contributed by atoms with van der Waals surface area (Å²) in [5, 5.41) is 13.0. The molecule has 0 fully saturated rings. The molecule has 0 radical (unpaired) electrons. The maximum Gasteiger partial charge on any atom is 0.335 e. The van der Waals surface area contributed by atoms with E-state index in [2.05, 4.69) is 5.32 Å². The van der Waals surface area contributed by atoms with E-state index in [4.69, 9.17) is 37.8 Å². The molecule has 2 N–H and O–H groups in total. The van der Waals surface area contributed by atoms with Gasteiger partial charge in [-0.25, -0.2) is 9.18 Å². The zero-order valence-electron chi connectivity index (χ0n) is 17.3. The van der Waals surface area contributed by atoms with Gasteiger partial charge in [0, 0.05) is 29.7 Å². The Morgan fingerprint density at radius 2 is 1.62 bits per heavy atom. The fraction of sp³-hybridized carbons (Fsp3) is 0.208. The molecule has 5 nitrogen and oxygen atoms in total. The Hall–Kier alpha value is -2.80. The Bertz CT molecular complexity index is 1090. The maximum atomic E-state index is 13.2. The minimum atomic E-state index is -0.955. The van der Waals surface area contributed by atoms with Gasteiger partial charge in [-0.2, -0.15) is 0 Å². The van der Waals surface area contributed by atoms with E-state index in [1.807, 2.05) is 13.0 Å². The highest BCUT2D eigenvalue weighted by molar-refractivity contribution is 6.31. The molecular weight excluding hydrogens is 456 g/mol. The van der Waals surface area contributed by atoms with E-state index in [1.165, 1.54) is 12.1 Å². The van der Waals surface area contributed by atoms with Crippen molar-refractivity contribution in [1.29, 1.82) is 0 Å². The minimum absolute atomic E-state index is 0.138. The van der Waals surface area contributed by atoms with Gasteiger partial charge in [0.15, 0.2) is 11.5 Å². The lowest BCUT2D eigenvalue weighted by Crippen LogP contribution is -2.13. The molecule has 0 aromatic heterocycles. The normalized spacial score (nSPS) is 10.8. The van der Waals surface area contributed by atoms with Crippen LogP contribution in [0.25, 0.3) is 0 Å². The molecule has 168 valence electrons. The van der Waals surface area contributed by atoms with Crippen molar-refractivity contribution >= 4 is 29.2 Å². The second-order valence-corrected chi connectivity index (χ2v) is 7.77. The van der Waals surface area contributed by atoms with Gasteiger partial charge in [-0.1, -0.05) is 41.4 Å². The molecule has 3 aromatic rings. The van der Waals surface area contributed by atoms with Crippen molar-refractivity contribution in [3.05, 3.63) is 92.7 Å². The molecule has 0 amide bonds. The monoisotopic (exact) mass is 477 g/mol. The van der Waals surface area contributed by atoms with Crippen LogP contribution in [0.5, 0.6) is 11.5 Å². The summed E-state index contributed by atoms with van der Waals surface area (Å²) < 4.78 is 24.8. The first kappa shape index (κ1) is 23.9. The highest BCUT2D eigenvalue weighted by Crippen LogP contribution is 2.34. The highest BCUT2D eigenvalue weighted by Gasteiger charge is 2.13. The van der Waals surface area contributed by atoms with Crippen LogP contribution in [0.15, 0.2) is 54.6 Å². The zero-order valence-corrected chi connectivity index (χ0v) is 18.8. The topological polar surface area (TPSA) is 67.8 Å². The van der Waals surface area contributed by atoms with Crippen LogP contribution in [0.4, 0.5) is 4.39 Å². The zero-order chi connectivity index (χ0) is 23.1. The number of aromatic carboxylic acids is 1. The van der Waals surface area contributed by atoms with Crippen molar-refractivity contribution in [3.63, 3.8) is 0 Å². The Labute approximate surface area is 195 Å². The summed E-state index contributed by atoms with van der Waals surface area (Å²) in [6, 6.07) is 14.3.